The highest BCUT2D eigenvalue weighted by atomic mass is 32.1. The standard InChI is InChI=1S/C12H16N2O4S/c1-3-7-6(2)19-12(13-7)14-10(15)8-4-5-9(18-8)11(16)17/h8-9H,3-5H2,1-2H3,(H,16,17)(H,13,14,15). The lowest BCUT2D eigenvalue weighted by Crippen LogP contribution is -2.29. The van der Waals surface area contributed by atoms with Crippen molar-refractivity contribution in [2.24, 2.45) is 0 Å². The predicted octanol–water partition coefficient (Wildman–Crippen LogP) is 1.58. The van der Waals surface area contributed by atoms with Crippen LogP contribution in [0.25, 0.3) is 0 Å². The summed E-state index contributed by atoms with van der Waals surface area (Å²) >= 11 is 1.42. The van der Waals surface area contributed by atoms with Crippen LogP contribution in [0.3, 0.4) is 0 Å². The number of hydrogen-bond acceptors (Lipinski definition) is 5. The summed E-state index contributed by atoms with van der Waals surface area (Å²) < 4.78 is 5.19. The van der Waals surface area contributed by atoms with Crippen LogP contribution in [0.2, 0.25) is 0 Å². The van der Waals surface area contributed by atoms with Crippen LogP contribution in [0, 0.1) is 6.92 Å². The Balaban J connectivity index is 1.96. The minimum Gasteiger partial charge on any atom is -0.479 e. The summed E-state index contributed by atoms with van der Waals surface area (Å²) in [7, 11) is 0. The van der Waals surface area contributed by atoms with Gasteiger partial charge in [-0.1, -0.05) is 6.92 Å². The number of amides is 1. The van der Waals surface area contributed by atoms with E-state index in [0.717, 1.165) is 17.0 Å². The normalized spacial score (nSPS) is 22.4. The fourth-order valence-corrected chi connectivity index (χ4v) is 2.91. The Morgan fingerprint density at radius 3 is 2.68 bits per heavy atom. The molecule has 1 aromatic rings. The van der Waals surface area contributed by atoms with E-state index in [1.165, 1.54) is 11.3 Å². The minimum absolute atomic E-state index is 0.319. The quantitative estimate of drug-likeness (QED) is 0.876. The maximum Gasteiger partial charge on any atom is 0.332 e. The number of hydrogen-bond donors (Lipinski definition) is 2. The van der Waals surface area contributed by atoms with Crippen LogP contribution in [-0.4, -0.2) is 34.2 Å². The second-order valence-corrected chi connectivity index (χ2v) is 5.60. The third-order valence-corrected chi connectivity index (χ3v) is 3.97. The molecular formula is C12H16N2O4S. The number of aliphatic carboxylic acids is 1. The number of carboxylic acids is 1. The first kappa shape index (κ1) is 14.0. The first-order valence-electron chi connectivity index (χ1n) is 6.16. The van der Waals surface area contributed by atoms with Gasteiger partial charge in [-0.2, -0.15) is 0 Å². The Morgan fingerprint density at radius 2 is 2.16 bits per heavy atom. The number of anilines is 1. The van der Waals surface area contributed by atoms with Crippen LogP contribution < -0.4 is 5.32 Å². The van der Waals surface area contributed by atoms with Gasteiger partial charge >= 0.3 is 5.97 Å². The van der Waals surface area contributed by atoms with Gasteiger partial charge in [-0.25, -0.2) is 9.78 Å². The zero-order valence-corrected chi connectivity index (χ0v) is 11.6. The molecule has 1 aliphatic rings. The van der Waals surface area contributed by atoms with Gasteiger partial charge in [0.05, 0.1) is 5.69 Å². The van der Waals surface area contributed by atoms with Crippen LogP contribution >= 0.6 is 11.3 Å². The molecule has 1 amide bonds. The molecule has 19 heavy (non-hydrogen) atoms. The molecule has 104 valence electrons. The van der Waals surface area contributed by atoms with E-state index < -0.39 is 18.2 Å². The van der Waals surface area contributed by atoms with E-state index in [1.807, 2.05) is 13.8 Å². The van der Waals surface area contributed by atoms with Crippen molar-refractivity contribution in [1.29, 1.82) is 0 Å². The zero-order valence-electron chi connectivity index (χ0n) is 10.8. The molecule has 1 aromatic heterocycles. The fraction of sp³-hybridized carbons (Fsp3) is 0.583. The number of carbonyl (C=O) groups excluding carboxylic acids is 1. The molecule has 2 rings (SSSR count). The third-order valence-electron chi connectivity index (χ3n) is 3.05. The molecular weight excluding hydrogens is 268 g/mol. The van der Waals surface area contributed by atoms with Crippen LogP contribution in [0.4, 0.5) is 5.13 Å². The number of nitrogens with one attached hydrogen (secondary N) is 1. The lowest BCUT2D eigenvalue weighted by molar-refractivity contribution is -0.150. The summed E-state index contributed by atoms with van der Waals surface area (Å²) in [4.78, 5) is 28.1. The Kier molecular flexibility index (Phi) is 4.16. The summed E-state index contributed by atoms with van der Waals surface area (Å²) in [5, 5.41) is 12.0. The molecule has 0 aromatic carbocycles. The molecule has 0 aliphatic carbocycles. The maximum absolute atomic E-state index is 11.9. The van der Waals surface area contributed by atoms with Gasteiger partial charge < -0.3 is 9.84 Å². The van der Waals surface area contributed by atoms with E-state index in [0.29, 0.717) is 18.0 Å². The van der Waals surface area contributed by atoms with Gasteiger partial charge in [-0.05, 0) is 26.2 Å². The summed E-state index contributed by atoms with van der Waals surface area (Å²) in [6.07, 6.45) is 0.0349. The molecule has 1 fully saturated rings. The predicted molar refractivity (Wildman–Crippen MR) is 70.4 cm³/mol. The topological polar surface area (TPSA) is 88.5 Å². The highest BCUT2D eigenvalue weighted by molar-refractivity contribution is 7.15. The molecule has 1 aliphatic heterocycles. The van der Waals surface area contributed by atoms with Crippen molar-refractivity contribution in [2.75, 3.05) is 5.32 Å². The Bertz CT molecular complexity index is 500. The van der Waals surface area contributed by atoms with Crippen molar-refractivity contribution in [1.82, 2.24) is 4.98 Å². The Morgan fingerprint density at radius 1 is 1.47 bits per heavy atom. The van der Waals surface area contributed by atoms with E-state index >= 15 is 0 Å². The largest absolute Gasteiger partial charge is 0.479 e. The number of carboxylic acid groups (broad SMARTS) is 1. The summed E-state index contributed by atoms with van der Waals surface area (Å²) in [6, 6.07) is 0. The molecule has 0 spiro atoms. The lowest BCUT2D eigenvalue weighted by Gasteiger charge is -2.09. The number of rotatable bonds is 4. The van der Waals surface area contributed by atoms with Gasteiger partial charge in [0.2, 0.25) is 0 Å². The van der Waals surface area contributed by atoms with E-state index in [9.17, 15) is 9.59 Å². The number of nitrogens with zero attached hydrogens (tertiary/aromatic N) is 1. The molecule has 2 N–H and O–H groups in total. The fourth-order valence-electron chi connectivity index (χ4n) is 2.01. The van der Waals surface area contributed by atoms with Gasteiger partial charge in [0.1, 0.15) is 6.10 Å². The summed E-state index contributed by atoms with van der Waals surface area (Å²) in [5.41, 5.74) is 0.969. The Hall–Kier alpha value is -1.47. The van der Waals surface area contributed by atoms with Crippen LogP contribution in [-0.2, 0) is 20.7 Å². The maximum atomic E-state index is 11.9. The second kappa shape index (κ2) is 5.66. The van der Waals surface area contributed by atoms with Crippen molar-refractivity contribution < 1.29 is 19.4 Å². The molecule has 2 atom stereocenters. The van der Waals surface area contributed by atoms with Crippen molar-refractivity contribution >= 4 is 28.3 Å². The molecule has 1 saturated heterocycles. The number of aromatic nitrogens is 1. The molecule has 2 unspecified atom stereocenters. The van der Waals surface area contributed by atoms with Crippen LogP contribution in [0.1, 0.15) is 30.3 Å². The zero-order chi connectivity index (χ0) is 14.0. The van der Waals surface area contributed by atoms with Crippen molar-refractivity contribution in [2.45, 2.75) is 45.3 Å². The minimum atomic E-state index is -1.02. The smallest absolute Gasteiger partial charge is 0.332 e. The third kappa shape index (κ3) is 3.10. The summed E-state index contributed by atoms with van der Waals surface area (Å²) in [6.45, 7) is 3.96. The first-order valence-corrected chi connectivity index (χ1v) is 6.98. The summed E-state index contributed by atoms with van der Waals surface area (Å²) in [5.74, 6) is -1.34. The SMILES string of the molecule is CCc1nc(NC(=O)C2CCC(C(=O)O)O2)sc1C. The average Bonchev–Trinajstić information content (AvgIpc) is 2.95. The highest BCUT2D eigenvalue weighted by Crippen LogP contribution is 2.25. The number of aryl methyl sites for hydroxylation is 2. The number of carbonyl (C=O) groups is 2. The second-order valence-electron chi connectivity index (χ2n) is 4.39. The molecule has 0 radical (unpaired) electrons. The van der Waals surface area contributed by atoms with Crippen molar-refractivity contribution in [3.05, 3.63) is 10.6 Å². The number of thiazole rings is 1. The monoisotopic (exact) mass is 284 g/mol. The van der Waals surface area contributed by atoms with Gasteiger partial charge in [-0.15, -0.1) is 11.3 Å². The van der Waals surface area contributed by atoms with E-state index in [-0.39, 0.29) is 5.91 Å². The highest BCUT2D eigenvalue weighted by Gasteiger charge is 2.35. The molecule has 0 bridgehead atoms. The van der Waals surface area contributed by atoms with Gasteiger partial charge in [-0.3, -0.25) is 10.1 Å². The Labute approximate surface area is 114 Å². The van der Waals surface area contributed by atoms with Crippen LogP contribution in [0.5, 0.6) is 0 Å². The van der Waals surface area contributed by atoms with Gasteiger partial charge in [0, 0.05) is 4.88 Å². The average molecular weight is 284 g/mol. The molecule has 7 heteroatoms. The first-order chi connectivity index (χ1) is 9.01. The van der Waals surface area contributed by atoms with Crippen molar-refractivity contribution in [3.63, 3.8) is 0 Å². The van der Waals surface area contributed by atoms with E-state index in [1.54, 1.807) is 0 Å². The molecule has 2 heterocycles. The van der Waals surface area contributed by atoms with E-state index in [4.69, 9.17) is 9.84 Å². The van der Waals surface area contributed by atoms with E-state index in [2.05, 4.69) is 10.3 Å². The molecule has 0 saturated carbocycles. The molecule has 6 nitrogen and oxygen atoms in total. The number of ether oxygens (including phenoxy) is 1. The van der Waals surface area contributed by atoms with Gasteiger partial charge in [0.25, 0.3) is 5.91 Å². The van der Waals surface area contributed by atoms with Crippen LogP contribution in [0.15, 0.2) is 0 Å². The van der Waals surface area contributed by atoms with Crippen molar-refractivity contribution in [3.8, 4) is 0 Å². The lowest BCUT2D eigenvalue weighted by atomic mass is 10.2. The van der Waals surface area contributed by atoms with Gasteiger partial charge in [0.15, 0.2) is 11.2 Å².